The lowest BCUT2D eigenvalue weighted by Gasteiger charge is -1.94. The van der Waals surface area contributed by atoms with Crippen LogP contribution in [-0.4, -0.2) is 4.98 Å². The van der Waals surface area contributed by atoms with Crippen LogP contribution in [0.25, 0.3) is 0 Å². The second-order valence-corrected chi connectivity index (χ2v) is 2.30. The predicted molar refractivity (Wildman–Crippen MR) is 39.2 cm³/mol. The maximum atomic E-state index is 5.58. The first kappa shape index (κ1) is 10.6. The number of nitrogen functional groups attached to an aromatic ring is 1. The van der Waals surface area contributed by atoms with Gasteiger partial charge in [0.2, 0.25) is 5.82 Å². The molecule has 0 saturated heterocycles. The van der Waals surface area contributed by atoms with E-state index >= 15 is 0 Å². The van der Waals surface area contributed by atoms with Crippen molar-refractivity contribution < 1.29 is 28.5 Å². The highest BCUT2D eigenvalue weighted by Gasteiger charge is 2.03. The SMILES string of the molecule is CCc1c[n+](C)cnc1N.[I-]. The van der Waals surface area contributed by atoms with Crippen molar-refractivity contribution in [3.05, 3.63) is 18.1 Å². The van der Waals surface area contributed by atoms with E-state index in [1.807, 2.05) is 17.8 Å². The third-order valence-electron chi connectivity index (χ3n) is 1.45. The molecular formula is C7H12IN3. The highest BCUT2D eigenvalue weighted by molar-refractivity contribution is 5.34. The first-order chi connectivity index (χ1) is 4.74. The quantitative estimate of drug-likeness (QED) is 0.436. The fourth-order valence-electron chi connectivity index (χ4n) is 0.854. The van der Waals surface area contributed by atoms with Gasteiger partial charge in [-0.1, -0.05) is 6.92 Å². The van der Waals surface area contributed by atoms with Gasteiger partial charge in [0, 0.05) is 0 Å². The van der Waals surface area contributed by atoms with Crippen LogP contribution in [0, 0.1) is 0 Å². The summed E-state index contributed by atoms with van der Waals surface area (Å²) in [6, 6.07) is 0. The van der Waals surface area contributed by atoms with Crippen LogP contribution < -0.4 is 34.3 Å². The Morgan fingerprint density at radius 2 is 2.27 bits per heavy atom. The molecular weight excluding hydrogens is 253 g/mol. The lowest BCUT2D eigenvalue weighted by atomic mass is 10.2. The Labute approximate surface area is 83.7 Å². The molecule has 0 fully saturated rings. The third-order valence-corrected chi connectivity index (χ3v) is 1.45. The van der Waals surface area contributed by atoms with Crippen molar-refractivity contribution >= 4 is 5.82 Å². The molecule has 0 aliphatic rings. The zero-order valence-corrected chi connectivity index (χ0v) is 8.87. The highest BCUT2D eigenvalue weighted by Crippen LogP contribution is 2.02. The monoisotopic (exact) mass is 265 g/mol. The van der Waals surface area contributed by atoms with E-state index in [1.165, 1.54) is 0 Å². The lowest BCUT2D eigenvalue weighted by molar-refractivity contribution is -0.674. The number of anilines is 1. The van der Waals surface area contributed by atoms with Gasteiger partial charge in [-0.25, -0.2) is 4.57 Å². The van der Waals surface area contributed by atoms with E-state index in [2.05, 4.69) is 11.9 Å². The van der Waals surface area contributed by atoms with Crippen molar-refractivity contribution in [1.29, 1.82) is 0 Å². The number of halogens is 1. The molecule has 4 heteroatoms. The smallest absolute Gasteiger partial charge is 0.288 e. The lowest BCUT2D eigenvalue weighted by Crippen LogP contribution is -3.00. The van der Waals surface area contributed by atoms with Gasteiger partial charge in [-0.3, -0.25) is 0 Å². The summed E-state index contributed by atoms with van der Waals surface area (Å²) < 4.78 is 1.90. The van der Waals surface area contributed by atoms with Gasteiger partial charge < -0.3 is 29.7 Å². The van der Waals surface area contributed by atoms with Crippen molar-refractivity contribution in [3.63, 3.8) is 0 Å². The zero-order valence-electron chi connectivity index (χ0n) is 6.71. The summed E-state index contributed by atoms with van der Waals surface area (Å²) in [5.74, 6) is 0.639. The van der Waals surface area contributed by atoms with Crippen LogP contribution in [-0.2, 0) is 13.5 Å². The molecule has 3 nitrogen and oxygen atoms in total. The molecule has 0 aliphatic heterocycles. The van der Waals surface area contributed by atoms with E-state index in [0.717, 1.165) is 12.0 Å². The molecule has 0 saturated carbocycles. The van der Waals surface area contributed by atoms with E-state index in [1.54, 1.807) is 6.33 Å². The van der Waals surface area contributed by atoms with E-state index < -0.39 is 0 Å². The molecule has 2 N–H and O–H groups in total. The van der Waals surface area contributed by atoms with Crippen molar-refractivity contribution in [2.24, 2.45) is 7.05 Å². The molecule has 1 rings (SSSR count). The molecule has 1 heterocycles. The molecule has 0 atom stereocenters. The number of hydrogen-bond donors (Lipinski definition) is 1. The average molecular weight is 265 g/mol. The minimum Gasteiger partial charge on any atom is -1.00 e. The second kappa shape index (κ2) is 4.48. The Morgan fingerprint density at radius 3 is 2.73 bits per heavy atom. The number of nitrogens with zero attached hydrogens (tertiary/aromatic N) is 2. The summed E-state index contributed by atoms with van der Waals surface area (Å²) in [5, 5.41) is 0. The number of aryl methyl sites for hydroxylation is 2. The molecule has 62 valence electrons. The first-order valence-electron chi connectivity index (χ1n) is 3.33. The van der Waals surface area contributed by atoms with Gasteiger partial charge in [-0.2, -0.15) is 0 Å². The van der Waals surface area contributed by atoms with Gasteiger partial charge in [0.25, 0.3) is 6.33 Å². The summed E-state index contributed by atoms with van der Waals surface area (Å²) in [6.07, 6.45) is 4.63. The average Bonchev–Trinajstić information content (AvgIpc) is 1.94. The molecule has 0 amide bonds. The Hall–Kier alpha value is -0.390. The van der Waals surface area contributed by atoms with Crippen LogP contribution in [0.3, 0.4) is 0 Å². The van der Waals surface area contributed by atoms with Gasteiger partial charge in [-0.15, -0.1) is 0 Å². The maximum Gasteiger partial charge on any atom is 0.288 e. The molecule has 0 unspecified atom stereocenters. The Bertz CT molecular complexity index is 237. The van der Waals surface area contributed by atoms with E-state index in [-0.39, 0.29) is 24.0 Å². The van der Waals surface area contributed by atoms with Crippen molar-refractivity contribution in [2.45, 2.75) is 13.3 Å². The van der Waals surface area contributed by atoms with Crippen LogP contribution >= 0.6 is 0 Å². The number of rotatable bonds is 1. The van der Waals surface area contributed by atoms with E-state index in [0.29, 0.717) is 5.82 Å². The van der Waals surface area contributed by atoms with Gasteiger partial charge in [0.15, 0.2) is 0 Å². The fourth-order valence-corrected chi connectivity index (χ4v) is 0.854. The standard InChI is InChI=1S/C7H11N3.HI/c1-3-6-4-10(2)5-9-7(6)8;/h4-5,8H,3H2,1-2H3;1H. The Kier molecular flexibility index (Phi) is 4.32. The molecule has 0 aromatic carbocycles. The normalized spacial score (nSPS) is 8.91. The number of nitrogens with two attached hydrogens (primary N) is 1. The van der Waals surface area contributed by atoms with Crippen LogP contribution in [0.5, 0.6) is 0 Å². The maximum absolute atomic E-state index is 5.58. The van der Waals surface area contributed by atoms with E-state index in [4.69, 9.17) is 5.73 Å². The van der Waals surface area contributed by atoms with Crippen molar-refractivity contribution in [2.75, 3.05) is 5.73 Å². The molecule has 1 aromatic heterocycles. The fraction of sp³-hybridized carbons (Fsp3) is 0.429. The van der Waals surface area contributed by atoms with Gasteiger partial charge in [0.1, 0.15) is 0 Å². The van der Waals surface area contributed by atoms with Gasteiger partial charge in [-0.05, 0) is 11.4 Å². The molecule has 0 bridgehead atoms. The summed E-state index contributed by atoms with van der Waals surface area (Å²) in [6.45, 7) is 2.06. The minimum absolute atomic E-state index is 0. The Morgan fingerprint density at radius 1 is 1.64 bits per heavy atom. The molecule has 0 aliphatic carbocycles. The minimum atomic E-state index is 0. The summed E-state index contributed by atoms with van der Waals surface area (Å²) in [5.41, 5.74) is 6.68. The second-order valence-electron chi connectivity index (χ2n) is 2.30. The molecule has 0 spiro atoms. The number of hydrogen-bond acceptors (Lipinski definition) is 2. The van der Waals surface area contributed by atoms with Crippen LogP contribution in [0.15, 0.2) is 12.5 Å². The third kappa shape index (κ3) is 2.61. The predicted octanol–water partition coefficient (Wildman–Crippen LogP) is -2.95. The summed E-state index contributed by atoms with van der Waals surface area (Å²) >= 11 is 0. The summed E-state index contributed by atoms with van der Waals surface area (Å²) in [7, 11) is 1.94. The Balaban J connectivity index is 0.000001000. The largest absolute Gasteiger partial charge is 1.00 e. The molecule has 0 radical (unpaired) electrons. The van der Waals surface area contributed by atoms with Gasteiger partial charge >= 0.3 is 0 Å². The van der Waals surface area contributed by atoms with E-state index in [9.17, 15) is 0 Å². The van der Waals surface area contributed by atoms with Gasteiger partial charge in [0.05, 0.1) is 18.8 Å². The zero-order chi connectivity index (χ0) is 7.56. The van der Waals surface area contributed by atoms with Crippen molar-refractivity contribution in [1.82, 2.24) is 4.98 Å². The van der Waals surface area contributed by atoms with Crippen LogP contribution in [0.4, 0.5) is 5.82 Å². The topological polar surface area (TPSA) is 42.8 Å². The first-order valence-corrected chi connectivity index (χ1v) is 3.33. The van der Waals surface area contributed by atoms with Crippen molar-refractivity contribution in [3.8, 4) is 0 Å². The summed E-state index contributed by atoms with van der Waals surface area (Å²) in [4.78, 5) is 3.99. The van der Waals surface area contributed by atoms with Crippen LogP contribution in [0.2, 0.25) is 0 Å². The highest BCUT2D eigenvalue weighted by atomic mass is 127. The number of aromatic nitrogens is 2. The van der Waals surface area contributed by atoms with Crippen LogP contribution in [0.1, 0.15) is 12.5 Å². The molecule has 11 heavy (non-hydrogen) atoms. The molecule has 1 aromatic rings.